The first-order chi connectivity index (χ1) is 11.7. The van der Waals surface area contributed by atoms with Crippen molar-refractivity contribution in [3.8, 4) is 0 Å². The molecule has 2 aromatic rings. The zero-order valence-corrected chi connectivity index (χ0v) is 13.8. The summed E-state index contributed by atoms with van der Waals surface area (Å²) in [5, 5.41) is 0.0249. The largest absolute Gasteiger partial charge is 0.389 e. The molecule has 0 aliphatic carbocycles. The summed E-state index contributed by atoms with van der Waals surface area (Å²) in [4.78, 5) is 4.91. The van der Waals surface area contributed by atoms with E-state index < -0.39 is 10.0 Å². The van der Waals surface area contributed by atoms with Gasteiger partial charge < -0.3 is 4.84 Å². The van der Waals surface area contributed by atoms with E-state index >= 15 is 0 Å². The Balaban J connectivity index is 1.91. The third-order valence-electron chi connectivity index (χ3n) is 3.58. The SMILES string of the molecule is O=S(=O)(C1=CC=CON1)N(Cc1ccccc1)Cc1ccccc1. The molecule has 0 aromatic heterocycles. The van der Waals surface area contributed by atoms with Gasteiger partial charge in [0.05, 0.1) is 0 Å². The number of hydrogen-bond acceptors (Lipinski definition) is 4. The maximum absolute atomic E-state index is 13.0. The summed E-state index contributed by atoms with van der Waals surface area (Å²) in [7, 11) is -3.71. The number of rotatable bonds is 6. The Labute approximate surface area is 141 Å². The van der Waals surface area contributed by atoms with Gasteiger partial charge in [-0.3, -0.25) is 0 Å². The second-order valence-electron chi connectivity index (χ2n) is 5.32. The van der Waals surface area contributed by atoms with Crippen LogP contribution in [-0.4, -0.2) is 12.7 Å². The summed E-state index contributed by atoms with van der Waals surface area (Å²) in [6.07, 6.45) is 4.42. The van der Waals surface area contributed by atoms with Gasteiger partial charge in [-0.15, -0.1) is 0 Å². The molecule has 3 rings (SSSR count). The van der Waals surface area contributed by atoms with Crippen LogP contribution in [0.25, 0.3) is 0 Å². The average molecular weight is 342 g/mol. The highest BCUT2D eigenvalue weighted by Crippen LogP contribution is 2.20. The highest BCUT2D eigenvalue weighted by Gasteiger charge is 2.28. The minimum atomic E-state index is -3.71. The third kappa shape index (κ3) is 3.84. The van der Waals surface area contributed by atoms with Crippen molar-refractivity contribution >= 4 is 10.0 Å². The highest BCUT2D eigenvalue weighted by atomic mass is 32.2. The van der Waals surface area contributed by atoms with Crippen molar-refractivity contribution in [1.29, 1.82) is 0 Å². The molecule has 0 bridgehead atoms. The first kappa shape index (κ1) is 16.3. The van der Waals surface area contributed by atoms with E-state index in [1.165, 1.54) is 16.6 Å². The quantitative estimate of drug-likeness (QED) is 0.877. The number of nitrogens with one attached hydrogen (secondary N) is 1. The van der Waals surface area contributed by atoms with Crippen LogP contribution in [0.2, 0.25) is 0 Å². The first-order valence-electron chi connectivity index (χ1n) is 7.53. The minimum absolute atomic E-state index is 0.0249. The summed E-state index contributed by atoms with van der Waals surface area (Å²) in [6.45, 7) is 0.557. The fourth-order valence-corrected chi connectivity index (χ4v) is 3.69. The van der Waals surface area contributed by atoms with E-state index in [2.05, 4.69) is 5.48 Å². The van der Waals surface area contributed by atoms with Crippen molar-refractivity contribution in [2.75, 3.05) is 0 Å². The van der Waals surface area contributed by atoms with E-state index in [0.717, 1.165) is 11.1 Å². The number of allylic oxidation sites excluding steroid dienone is 2. The fourth-order valence-electron chi connectivity index (χ4n) is 2.37. The van der Waals surface area contributed by atoms with Crippen molar-refractivity contribution in [2.45, 2.75) is 13.1 Å². The lowest BCUT2D eigenvalue weighted by molar-refractivity contribution is 0.165. The number of hydroxylamine groups is 1. The lowest BCUT2D eigenvalue weighted by Gasteiger charge is -2.24. The molecule has 1 N–H and O–H groups in total. The summed E-state index contributed by atoms with van der Waals surface area (Å²) >= 11 is 0. The van der Waals surface area contributed by atoms with Gasteiger partial charge in [0.1, 0.15) is 6.26 Å². The lowest BCUT2D eigenvalue weighted by Crippen LogP contribution is -2.35. The second-order valence-corrected chi connectivity index (χ2v) is 7.23. The zero-order chi connectivity index (χ0) is 16.8. The number of hydrogen-bond donors (Lipinski definition) is 1. The van der Waals surface area contributed by atoms with E-state index in [4.69, 9.17) is 4.84 Å². The third-order valence-corrected chi connectivity index (χ3v) is 5.29. The van der Waals surface area contributed by atoms with Crippen LogP contribution in [0.5, 0.6) is 0 Å². The van der Waals surface area contributed by atoms with E-state index in [9.17, 15) is 8.42 Å². The molecule has 1 aliphatic heterocycles. The molecule has 2 aromatic carbocycles. The highest BCUT2D eigenvalue weighted by molar-refractivity contribution is 7.92. The summed E-state index contributed by atoms with van der Waals surface area (Å²) in [5.74, 6) is 0. The van der Waals surface area contributed by atoms with E-state index in [1.807, 2.05) is 60.7 Å². The molecule has 0 unspecified atom stereocenters. The first-order valence-corrected chi connectivity index (χ1v) is 8.97. The number of nitrogens with zero attached hydrogens (tertiary/aromatic N) is 1. The van der Waals surface area contributed by atoms with Gasteiger partial charge in [-0.05, 0) is 23.3 Å². The van der Waals surface area contributed by atoms with E-state index in [0.29, 0.717) is 0 Å². The standard InChI is InChI=1S/C18H18N2O3S/c21-24(22,18-12-7-13-23-19-18)20(14-16-8-3-1-4-9-16)15-17-10-5-2-6-11-17/h1-13,19H,14-15H2. The molecule has 0 radical (unpaired) electrons. The minimum Gasteiger partial charge on any atom is -0.389 e. The monoisotopic (exact) mass is 342 g/mol. The van der Waals surface area contributed by atoms with Crippen molar-refractivity contribution in [3.63, 3.8) is 0 Å². The summed E-state index contributed by atoms with van der Waals surface area (Å²) in [6, 6.07) is 19.0. The predicted molar refractivity (Wildman–Crippen MR) is 92.5 cm³/mol. The van der Waals surface area contributed by atoms with Gasteiger partial charge in [-0.2, -0.15) is 4.31 Å². The Kier molecular flexibility index (Phi) is 4.98. The van der Waals surface area contributed by atoms with Crippen LogP contribution < -0.4 is 5.48 Å². The van der Waals surface area contributed by atoms with Crippen molar-refractivity contribution in [2.24, 2.45) is 0 Å². The Hall–Kier alpha value is -2.57. The van der Waals surface area contributed by atoms with Gasteiger partial charge in [0.2, 0.25) is 0 Å². The van der Waals surface area contributed by atoms with Crippen LogP contribution in [0.4, 0.5) is 0 Å². The molecule has 5 nitrogen and oxygen atoms in total. The lowest BCUT2D eigenvalue weighted by atomic mass is 10.2. The Morgan fingerprint density at radius 2 is 1.42 bits per heavy atom. The molecule has 24 heavy (non-hydrogen) atoms. The second kappa shape index (κ2) is 7.33. The van der Waals surface area contributed by atoms with Gasteiger partial charge >= 0.3 is 0 Å². The molecule has 0 fully saturated rings. The summed E-state index contributed by atoms with van der Waals surface area (Å²) in [5.41, 5.74) is 4.30. The summed E-state index contributed by atoms with van der Waals surface area (Å²) < 4.78 is 27.4. The maximum Gasteiger partial charge on any atom is 0.261 e. The number of benzene rings is 2. The van der Waals surface area contributed by atoms with Crippen LogP contribution >= 0.6 is 0 Å². The average Bonchev–Trinajstić information content (AvgIpc) is 2.64. The zero-order valence-electron chi connectivity index (χ0n) is 13.0. The molecule has 0 saturated carbocycles. The van der Waals surface area contributed by atoms with Crippen molar-refractivity contribution < 1.29 is 13.3 Å². The predicted octanol–water partition coefficient (Wildman–Crippen LogP) is 2.91. The molecule has 1 aliphatic rings. The van der Waals surface area contributed by atoms with Crippen LogP contribution in [0.1, 0.15) is 11.1 Å². The van der Waals surface area contributed by atoms with Crippen LogP contribution in [0.3, 0.4) is 0 Å². The van der Waals surface area contributed by atoms with Crippen LogP contribution in [0.15, 0.2) is 84.1 Å². The molecular weight excluding hydrogens is 324 g/mol. The van der Waals surface area contributed by atoms with Gasteiger partial charge in [-0.25, -0.2) is 13.9 Å². The molecule has 0 spiro atoms. The molecule has 0 amide bonds. The van der Waals surface area contributed by atoms with Crippen LogP contribution in [-0.2, 0) is 28.0 Å². The fraction of sp³-hybridized carbons (Fsp3) is 0.111. The Morgan fingerprint density at radius 3 is 1.88 bits per heavy atom. The van der Waals surface area contributed by atoms with E-state index in [-0.39, 0.29) is 18.1 Å². The normalized spacial score (nSPS) is 14.0. The van der Waals surface area contributed by atoms with E-state index in [1.54, 1.807) is 6.08 Å². The molecule has 6 heteroatoms. The number of sulfonamides is 1. The molecule has 124 valence electrons. The molecular formula is C18H18N2O3S. The van der Waals surface area contributed by atoms with Gasteiger partial charge in [0, 0.05) is 13.1 Å². The smallest absolute Gasteiger partial charge is 0.261 e. The maximum atomic E-state index is 13.0. The Morgan fingerprint density at radius 1 is 0.875 bits per heavy atom. The molecule has 1 heterocycles. The molecule has 0 atom stereocenters. The van der Waals surface area contributed by atoms with Crippen molar-refractivity contribution in [3.05, 3.63) is 95.2 Å². The van der Waals surface area contributed by atoms with Crippen LogP contribution in [0, 0.1) is 0 Å². The van der Waals surface area contributed by atoms with Gasteiger partial charge in [0.25, 0.3) is 10.0 Å². The Bertz CT molecular complexity index is 790. The van der Waals surface area contributed by atoms with Crippen molar-refractivity contribution in [1.82, 2.24) is 9.79 Å². The van der Waals surface area contributed by atoms with Gasteiger partial charge in [-0.1, -0.05) is 60.7 Å². The topological polar surface area (TPSA) is 58.6 Å². The molecule has 0 saturated heterocycles. The van der Waals surface area contributed by atoms with Gasteiger partial charge in [0.15, 0.2) is 5.03 Å².